The van der Waals surface area contributed by atoms with Crippen molar-refractivity contribution in [3.05, 3.63) is 77.0 Å². The van der Waals surface area contributed by atoms with Crippen molar-refractivity contribution in [2.75, 3.05) is 61.5 Å². The van der Waals surface area contributed by atoms with Gasteiger partial charge in [0, 0.05) is 70.1 Å². The highest BCUT2D eigenvalue weighted by molar-refractivity contribution is 5.94. The summed E-state index contributed by atoms with van der Waals surface area (Å²) >= 11 is 0. The molecule has 1 amide bonds. The van der Waals surface area contributed by atoms with E-state index in [4.69, 9.17) is 9.97 Å². The minimum atomic E-state index is -0.422. The number of carbonyl (C=O) groups is 1. The predicted octanol–water partition coefficient (Wildman–Crippen LogP) is 3.35. The Bertz CT molecular complexity index is 1230. The van der Waals surface area contributed by atoms with E-state index in [1.54, 1.807) is 29.2 Å². The lowest BCUT2D eigenvalue weighted by atomic mass is 10.0. The molecular formula is C26H28F2N6O. The molecule has 3 heterocycles. The predicted molar refractivity (Wildman–Crippen MR) is 132 cm³/mol. The molecule has 1 aromatic heterocycles. The molecule has 2 aliphatic heterocycles. The Morgan fingerprint density at radius 3 is 2.29 bits per heavy atom. The summed E-state index contributed by atoms with van der Waals surface area (Å²) in [5.74, 6) is 0.636. The van der Waals surface area contributed by atoms with Crippen LogP contribution in [0.4, 0.5) is 26.2 Å². The molecule has 0 atom stereocenters. The fraction of sp³-hybridized carbons (Fsp3) is 0.346. The molecule has 7 nitrogen and oxygen atoms in total. The number of aromatic nitrogens is 2. The van der Waals surface area contributed by atoms with Crippen LogP contribution in [-0.2, 0) is 13.0 Å². The van der Waals surface area contributed by atoms with Gasteiger partial charge in [-0.25, -0.2) is 13.8 Å². The average Bonchev–Trinajstić information content (AvgIpc) is 2.88. The number of benzene rings is 2. The third kappa shape index (κ3) is 4.76. The van der Waals surface area contributed by atoms with Crippen molar-refractivity contribution in [1.29, 1.82) is 0 Å². The number of fused-ring (bicyclic) bond motifs is 1. The van der Waals surface area contributed by atoms with E-state index in [1.807, 2.05) is 19.0 Å². The van der Waals surface area contributed by atoms with Crippen molar-refractivity contribution in [3.8, 4) is 0 Å². The largest absolute Gasteiger partial charge is 0.368 e. The molecule has 0 radical (unpaired) electrons. The monoisotopic (exact) mass is 478 g/mol. The molecule has 35 heavy (non-hydrogen) atoms. The lowest BCUT2D eigenvalue weighted by molar-refractivity contribution is 0.0733. The summed E-state index contributed by atoms with van der Waals surface area (Å²) in [6.07, 6.45) is 0.613. The van der Waals surface area contributed by atoms with Crippen molar-refractivity contribution in [1.82, 2.24) is 14.9 Å². The fourth-order valence-electron chi connectivity index (χ4n) is 4.69. The summed E-state index contributed by atoms with van der Waals surface area (Å²) in [6, 6.07) is 12.4. The van der Waals surface area contributed by atoms with Gasteiger partial charge in [-0.15, -0.1) is 0 Å². The van der Waals surface area contributed by atoms with Gasteiger partial charge in [-0.3, -0.25) is 4.79 Å². The fourth-order valence-corrected chi connectivity index (χ4v) is 4.69. The van der Waals surface area contributed by atoms with E-state index in [2.05, 4.69) is 9.80 Å². The SMILES string of the molecule is CN(C)c1nc(N2CCN(c3ccc(F)cc3)CC2)nc2c1CN(C(=O)c1cccc(F)c1)CC2. The second-order valence-corrected chi connectivity index (χ2v) is 9.10. The Morgan fingerprint density at radius 1 is 0.886 bits per heavy atom. The number of carbonyl (C=O) groups excluding carboxylic acids is 1. The lowest BCUT2D eigenvalue weighted by Crippen LogP contribution is -2.47. The van der Waals surface area contributed by atoms with Crippen molar-refractivity contribution in [3.63, 3.8) is 0 Å². The number of rotatable bonds is 4. The number of nitrogens with zero attached hydrogens (tertiary/aromatic N) is 6. The number of hydrogen-bond acceptors (Lipinski definition) is 6. The topological polar surface area (TPSA) is 55.8 Å². The Labute approximate surface area is 203 Å². The highest BCUT2D eigenvalue weighted by atomic mass is 19.1. The van der Waals surface area contributed by atoms with Crippen LogP contribution in [0, 0.1) is 11.6 Å². The van der Waals surface area contributed by atoms with Crippen molar-refractivity contribution < 1.29 is 13.6 Å². The first-order valence-corrected chi connectivity index (χ1v) is 11.8. The summed E-state index contributed by atoms with van der Waals surface area (Å²) in [5, 5.41) is 0. The van der Waals surface area contributed by atoms with E-state index in [9.17, 15) is 13.6 Å². The van der Waals surface area contributed by atoms with E-state index in [0.717, 1.165) is 48.9 Å². The minimum Gasteiger partial charge on any atom is -0.368 e. The molecule has 0 bridgehead atoms. The first-order chi connectivity index (χ1) is 16.9. The maximum absolute atomic E-state index is 13.6. The highest BCUT2D eigenvalue weighted by Gasteiger charge is 2.29. The normalized spacial score (nSPS) is 15.7. The number of anilines is 3. The molecule has 0 spiro atoms. The molecular weight excluding hydrogens is 450 g/mol. The standard InChI is InChI=1S/C26H28F2N6O/c1-31(2)24-22-17-34(25(35)18-4-3-5-20(28)16-18)11-10-23(22)29-26(30-24)33-14-12-32(13-15-33)21-8-6-19(27)7-9-21/h3-9,16H,10-15,17H2,1-2H3. The van der Waals surface area contributed by atoms with Crippen molar-refractivity contribution in [2.45, 2.75) is 13.0 Å². The molecule has 0 N–H and O–H groups in total. The van der Waals surface area contributed by atoms with E-state index in [0.29, 0.717) is 31.0 Å². The van der Waals surface area contributed by atoms with Gasteiger partial charge in [0.05, 0.1) is 12.2 Å². The molecule has 5 rings (SSSR count). The maximum Gasteiger partial charge on any atom is 0.254 e. The average molecular weight is 479 g/mol. The van der Waals surface area contributed by atoms with E-state index in [1.165, 1.54) is 24.3 Å². The number of piperazine rings is 1. The van der Waals surface area contributed by atoms with Gasteiger partial charge in [0.1, 0.15) is 17.5 Å². The van der Waals surface area contributed by atoms with Gasteiger partial charge >= 0.3 is 0 Å². The summed E-state index contributed by atoms with van der Waals surface area (Å²) in [7, 11) is 3.87. The van der Waals surface area contributed by atoms with Crippen LogP contribution in [0.5, 0.6) is 0 Å². The second-order valence-electron chi connectivity index (χ2n) is 9.10. The zero-order chi connectivity index (χ0) is 24.5. The first-order valence-electron chi connectivity index (χ1n) is 11.8. The molecule has 0 unspecified atom stereocenters. The van der Waals surface area contributed by atoms with Crippen LogP contribution in [0.2, 0.25) is 0 Å². The summed E-state index contributed by atoms with van der Waals surface area (Å²) < 4.78 is 26.9. The molecule has 2 aliphatic rings. The van der Waals surface area contributed by atoms with Gasteiger partial charge < -0.3 is 19.6 Å². The van der Waals surface area contributed by atoms with Crippen LogP contribution in [0.25, 0.3) is 0 Å². The second kappa shape index (κ2) is 9.48. The third-order valence-corrected chi connectivity index (χ3v) is 6.56. The van der Waals surface area contributed by atoms with E-state index >= 15 is 0 Å². The Hall–Kier alpha value is -3.75. The van der Waals surface area contributed by atoms with Crippen LogP contribution in [0.1, 0.15) is 21.6 Å². The molecule has 0 saturated carbocycles. The molecule has 1 saturated heterocycles. The number of hydrogen-bond donors (Lipinski definition) is 0. The molecule has 9 heteroatoms. The van der Waals surface area contributed by atoms with Crippen LogP contribution in [0.15, 0.2) is 48.5 Å². The van der Waals surface area contributed by atoms with Gasteiger partial charge in [-0.2, -0.15) is 4.98 Å². The molecule has 2 aromatic carbocycles. The van der Waals surface area contributed by atoms with Gasteiger partial charge in [0.25, 0.3) is 5.91 Å². The van der Waals surface area contributed by atoms with Crippen molar-refractivity contribution >= 4 is 23.4 Å². The van der Waals surface area contributed by atoms with E-state index in [-0.39, 0.29) is 11.7 Å². The van der Waals surface area contributed by atoms with E-state index < -0.39 is 5.82 Å². The van der Waals surface area contributed by atoms with Gasteiger partial charge in [0.15, 0.2) is 0 Å². The zero-order valence-corrected chi connectivity index (χ0v) is 19.9. The van der Waals surface area contributed by atoms with Gasteiger partial charge in [-0.05, 0) is 42.5 Å². The van der Waals surface area contributed by atoms with Crippen LogP contribution in [-0.4, -0.2) is 67.6 Å². The van der Waals surface area contributed by atoms with Crippen LogP contribution >= 0.6 is 0 Å². The molecule has 1 fully saturated rings. The number of halogens is 2. The summed E-state index contributed by atoms with van der Waals surface area (Å²) in [6.45, 7) is 4.00. The zero-order valence-electron chi connectivity index (χ0n) is 19.9. The quantitative estimate of drug-likeness (QED) is 0.574. The Morgan fingerprint density at radius 2 is 1.60 bits per heavy atom. The van der Waals surface area contributed by atoms with Gasteiger partial charge in [0.2, 0.25) is 5.95 Å². The van der Waals surface area contributed by atoms with Crippen LogP contribution in [0.3, 0.4) is 0 Å². The molecule has 182 valence electrons. The summed E-state index contributed by atoms with van der Waals surface area (Å²) in [4.78, 5) is 30.9. The Balaban J connectivity index is 1.34. The minimum absolute atomic E-state index is 0.194. The Kier molecular flexibility index (Phi) is 6.23. The maximum atomic E-state index is 13.6. The summed E-state index contributed by atoms with van der Waals surface area (Å²) in [5.41, 5.74) is 3.23. The van der Waals surface area contributed by atoms with Gasteiger partial charge in [-0.1, -0.05) is 6.07 Å². The first kappa shape index (κ1) is 23.0. The highest BCUT2D eigenvalue weighted by Crippen LogP contribution is 2.29. The lowest BCUT2D eigenvalue weighted by Gasteiger charge is -2.37. The number of amides is 1. The molecule has 0 aliphatic carbocycles. The third-order valence-electron chi connectivity index (χ3n) is 6.56. The van der Waals surface area contributed by atoms with Crippen LogP contribution < -0.4 is 14.7 Å². The molecule has 3 aromatic rings. The van der Waals surface area contributed by atoms with Crippen molar-refractivity contribution in [2.24, 2.45) is 0 Å². The smallest absolute Gasteiger partial charge is 0.254 e.